The third-order valence-electron chi connectivity index (χ3n) is 15.8. The first-order chi connectivity index (χ1) is 30.3. The molecule has 6 fully saturated rings. The first-order valence-corrected chi connectivity index (χ1v) is 113. The average molecular weight is 1840 g/mol. The summed E-state index contributed by atoms with van der Waals surface area (Å²) in [6.07, 6.45) is -5.44. The van der Waals surface area contributed by atoms with Gasteiger partial charge in [-0.1, -0.05) is 127 Å². The van der Waals surface area contributed by atoms with Crippen molar-refractivity contribution in [1.82, 2.24) is 0 Å². The van der Waals surface area contributed by atoms with E-state index in [-0.39, 0.29) is 55.8 Å². The molecule has 0 radical (unpaired) electrons. The minimum absolute atomic E-state index is 0. The van der Waals surface area contributed by atoms with Gasteiger partial charge in [0.05, 0.1) is 6.26 Å². The third-order valence-corrected chi connectivity index (χ3v) is 373. The van der Waals surface area contributed by atoms with Crippen molar-refractivity contribution < 1.29 is 0 Å². The molecule has 11 atom stereocenters. The highest BCUT2D eigenvalue weighted by Crippen LogP contribution is 2.55. The molecule has 0 amide bonds. The second-order valence-corrected chi connectivity index (χ2v) is 249. The second-order valence-electron chi connectivity index (χ2n) is 21.5. The SMILES string of the molecule is C.C.C.CS[Si]1(C)[SiH2]C([SiH3])C[SiH]1C.C[SiH2][Si]1(C)[SiH2]C([SiH3])C[Si]1(C)C.C[SiH]1CC([SiH3])[SiH2][SiH]1C.C[Si]1(Cl)CC[SiH2][Si]1(Cl)[Si](Cl)(Cl)Cl.ClCl.ClCl.Cl[Si](Cl)(Cl)[Si]1(Cl)[SiH2]CC[Si]1(Cl)Cl.Cl[Si]1(Cl)CC[Si](Cl)(Cl)[Si]1(Cl)Cl. The Morgan fingerprint density at radius 1 is 0.577 bits per heavy atom. The smallest absolute Gasteiger partial charge is 0.196 e. The normalized spacial score (nSPS) is 39.3. The largest absolute Gasteiger partial charge is 0.338 e. The van der Waals surface area contributed by atoms with Crippen LogP contribution < -0.4 is 0 Å². The van der Waals surface area contributed by atoms with Crippen LogP contribution in [0, 0.1) is 0 Å². The molecule has 0 aromatic carbocycles. The lowest BCUT2D eigenvalue weighted by molar-refractivity contribution is 1.30. The van der Waals surface area contributed by atoms with Gasteiger partial charge in [0.2, 0.25) is 5.94 Å². The zero-order valence-electron chi connectivity index (χ0n) is 41.4. The minimum Gasteiger partial charge on any atom is -0.196 e. The van der Waals surface area contributed by atoms with Crippen molar-refractivity contribution in [2.75, 3.05) is 6.26 Å². The van der Waals surface area contributed by atoms with Crippen LogP contribution in [0.2, 0.25) is 129 Å². The van der Waals surface area contributed by atoms with Gasteiger partial charge >= 0.3 is 11.0 Å². The molecule has 0 saturated carbocycles. The molecular weight excluding hydrogens is 1750 g/mol. The summed E-state index contributed by atoms with van der Waals surface area (Å²) >= 11 is 106. The van der Waals surface area contributed by atoms with Crippen molar-refractivity contribution in [2.45, 2.75) is 151 Å². The Hall–Kier alpha value is 11.6. The quantitative estimate of drug-likeness (QED) is 0.200. The molecule has 11 unspecified atom stereocenters. The molecule has 0 aromatic rings. The zero-order valence-corrected chi connectivity index (χ0v) is 88.1. The molecule has 71 heavy (non-hydrogen) atoms. The van der Waals surface area contributed by atoms with Crippen molar-refractivity contribution in [3.05, 3.63) is 0 Å². The highest BCUT2D eigenvalue weighted by Gasteiger charge is 2.72. The van der Waals surface area contributed by atoms with Gasteiger partial charge in [0, 0.05) is 167 Å². The molecule has 6 saturated heterocycles. The lowest BCUT2D eigenvalue weighted by Gasteiger charge is -2.33. The Bertz CT molecular complexity index is 1430. The predicted octanol–water partition coefficient (Wildman–Crippen LogP) is 12.1. The van der Waals surface area contributed by atoms with Gasteiger partial charge in [0.15, 0.2) is 12.8 Å². The van der Waals surface area contributed by atoms with Gasteiger partial charge in [-0.25, -0.2) is 0 Å². The summed E-state index contributed by atoms with van der Waals surface area (Å²) in [7, 11) is 21.7. The van der Waals surface area contributed by atoms with Crippen LogP contribution >= 0.6 is 243 Å². The Balaban J connectivity index is -0.000000241. The molecule has 6 aliphatic heterocycles. The van der Waals surface area contributed by atoms with Gasteiger partial charge in [0.25, 0.3) is 24.4 Å². The summed E-state index contributed by atoms with van der Waals surface area (Å²) in [5.41, 5.74) is -8.19. The molecule has 46 heteroatoms. The van der Waals surface area contributed by atoms with Gasteiger partial charge in [-0.2, -0.15) is 44.4 Å². The summed E-state index contributed by atoms with van der Waals surface area (Å²) in [4.78, 5) is 0. The molecule has 0 N–H and O–H groups in total. The number of halogens is 21. The average Bonchev–Trinajstić information content (AvgIpc) is 3.94. The summed E-state index contributed by atoms with van der Waals surface area (Å²) in [5, 5.41) is 4.13. The van der Waals surface area contributed by atoms with E-state index in [4.69, 9.17) is 188 Å². The Kier molecular flexibility index (Phi) is 49.4. The maximum Gasteiger partial charge on any atom is 0.338 e. The highest BCUT2D eigenvalue weighted by atomic mass is 36.5. The van der Waals surface area contributed by atoms with Crippen LogP contribution in [0.3, 0.4) is 0 Å². The summed E-state index contributed by atoms with van der Waals surface area (Å²) in [6, 6.07) is 10.8. The molecule has 6 aliphatic rings. The number of hydrogen-bond donors (Lipinski definition) is 0. The lowest BCUT2D eigenvalue weighted by Crippen LogP contribution is -2.65. The van der Waals surface area contributed by atoms with Gasteiger partial charge in [-0.05, 0) is 30.4 Å². The van der Waals surface area contributed by atoms with Crippen LogP contribution in [-0.4, -0.2) is 190 Å². The molecule has 6 heterocycles. The first kappa shape index (κ1) is 91.4. The van der Waals surface area contributed by atoms with Gasteiger partial charge in [-0.15, -0.1) is 155 Å². The standard InChI is InChI=1S/C6H22Si5.C5H18SSi4.C4H16Si4.C3H9Cl5Si4.C2H6Cl6Si4.C2H4Cl6Si3.3CH4.2Cl2/c1-8-11(4)9-6(7)5-10(11,2)3;1-6-10(3)8-5(7)4-9(10)2;1-7-3-4(5)6-8(7)2;1-10(4)3-2-9-12(10,8)11(5,6)7;3-10(4)2-1-9-12(10,8)11(5,6)7;3-9(4)1-2-10(5,6)11(9,7)8;;;;2*1-2/h6H,5,8-9H2,1-4,7H3;5,9H,4,8H2,1-3,7H3;4,7-8H,3,6H2,1-2,5H3;2-3,9H2,1H3;1-2,9H2;1-2H2;3*1H4;;. The molecular formula is C25H87Cl21SSi24. The fraction of sp³-hybridized carbons (Fsp3) is 1.00. The molecule has 436 valence electrons. The molecule has 6 rings (SSSR count). The summed E-state index contributed by atoms with van der Waals surface area (Å²) in [5.74, 6) is -4.36. The summed E-state index contributed by atoms with van der Waals surface area (Å²) < 4.78 is 0. The van der Waals surface area contributed by atoms with E-state index in [1.54, 1.807) is 38.6 Å². The number of hydrogen-bond acceptors (Lipinski definition) is 1. The first-order valence-electron chi connectivity index (χ1n) is 22.9. The van der Waals surface area contributed by atoms with Crippen LogP contribution in [0.25, 0.3) is 0 Å². The van der Waals surface area contributed by atoms with Crippen molar-refractivity contribution in [2.24, 2.45) is 0 Å². The van der Waals surface area contributed by atoms with Crippen molar-refractivity contribution in [3.63, 3.8) is 0 Å². The van der Waals surface area contributed by atoms with E-state index >= 15 is 0 Å². The summed E-state index contributed by atoms with van der Waals surface area (Å²) in [6.45, 7) is 21.3. The molecule has 0 nitrogen and oxygen atoms in total. The third kappa shape index (κ3) is 26.2. The lowest BCUT2D eigenvalue weighted by atomic mass is 10.9. The van der Waals surface area contributed by atoms with Crippen molar-refractivity contribution in [3.8, 4) is 0 Å². The van der Waals surface area contributed by atoms with E-state index in [0.29, 0.717) is 48.2 Å². The monoisotopic (exact) mass is 1830 g/mol. The van der Waals surface area contributed by atoms with Crippen LogP contribution in [0.15, 0.2) is 0 Å². The zero-order chi connectivity index (χ0) is 54.8. The van der Waals surface area contributed by atoms with E-state index < -0.39 is 83.7 Å². The molecule has 0 bridgehead atoms. The van der Waals surface area contributed by atoms with E-state index in [1.807, 2.05) is 0 Å². The topological polar surface area (TPSA) is 0 Å². The van der Waals surface area contributed by atoms with Crippen LogP contribution in [0.5, 0.6) is 0 Å². The molecule has 0 spiro atoms. The van der Waals surface area contributed by atoms with Crippen LogP contribution in [0.1, 0.15) is 22.3 Å². The van der Waals surface area contributed by atoms with E-state index in [0.717, 1.165) is 18.1 Å². The fourth-order valence-corrected chi connectivity index (χ4v) is 370. The van der Waals surface area contributed by atoms with Crippen LogP contribution in [0.4, 0.5) is 0 Å². The van der Waals surface area contributed by atoms with E-state index in [9.17, 15) is 0 Å². The predicted molar refractivity (Wildman–Crippen MR) is 435 cm³/mol. The van der Waals surface area contributed by atoms with Crippen molar-refractivity contribution in [1.29, 1.82) is 0 Å². The van der Waals surface area contributed by atoms with Gasteiger partial charge in [-0.3, -0.25) is 0 Å². The van der Waals surface area contributed by atoms with Crippen molar-refractivity contribution >= 4 is 427 Å². The Morgan fingerprint density at radius 3 is 1.13 bits per heavy atom. The van der Waals surface area contributed by atoms with Gasteiger partial charge < -0.3 is 0 Å². The van der Waals surface area contributed by atoms with Crippen LogP contribution in [-0.2, 0) is 0 Å². The Labute approximate surface area is 574 Å². The number of rotatable bonds is 4. The Morgan fingerprint density at radius 2 is 0.986 bits per heavy atom. The second kappa shape index (κ2) is 38.4. The maximum absolute atomic E-state index is 6.53. The maximum atomic E-state index is 6.53. The van der Waals surface area contributed by atoms with Gasteiger partial charge in [0.1, 0.15) is 0 Å². The fourth-order valence-electron chi connectivity index (χ4n) is 10.5. The van der Waals surface area contributed by atoms with E-state index in [2.05, 4.69) is 120 Å². The highest BCUT2D eigenvalue weighted by molar-refractivity contribution is 8.39. The minimum atomic E-state index is -2.80. The molecule has 0 aliphatic carbocycles. The molecule has 0 aromatic heterocycles. The van der Waals surface area contributed by atoms with E-state index in [1.165, 1.54) is 31.8 Å².